The number of nitrogens with one attached hydrogen (secondary N) is 1. The maximum Gasteiger partial charge on any atom is 0.223 e. The molecule has 1 amide bonds. The van der Waals surface area contributed by atoms with Gasteiger partial charge in [-0.3, -0.25) is 4.79 Å². The van der Waals surface area contributed by atoms with Gasteiger partial charge in [-0.15, -0.1) is 10.2 Å². The van der Waals surface area contributed by atoms with Gasteiger partial charge in [0.25, 0.3) is 0 Å². The van der Waals surface area contributed by atoms with Crippen LogP contribution in [0.2, 0.25) is 0 Å². The molecule has 2 heterocycles. The van der Waals surface area contributed by atoms with E-state index < -0.39 is 10.0 Å². The zero-order valence-corrected chi connectivity index (χ0v) is 13.1. The molecule has 1 aromatic rings. The maximum absolute atomic E-state index is 12.1. The van der Waals surface area contributed by atoms with Gasteiger partial charge in [-0.25, -0.2) is 12.7 Å². The molecule has 0 aliphatic carbocycles. The van der Waals surface area contributed by atoms with Gasteiger partial charge >= 0.3 is 0 Å². The van der Waals surface area contributed by atoms with E-state index in [4.69, 9.17) is 0 Å². The van der Waals surface area contributed by atoms with Crippen LogP contribution in [0.5, 0.6) is 0 Å². The summed E-state index contributed by atoms with van der Waals surface area (Å²) in [5.41, 5.74) is 0. The standard InChI is InChI=1S/C12H21N5O3S/c1-3-16-9-14-15-11(16)8-13-12(18)10-4-6-17(7-5-10)21(2,19)20/h9-10H,3-8H2,1-2H3,(H,13,18). The minimum absolute atomic E-state index is 0.0474. The molecule has 0 atom stereocenters. The molecule has 21 heavy (non-hydrogen) atoms. The van der Waals surface area contributed by atoms with E-state index in [-0.39, 0.29) is 11.8 Å². The Morgan fingerprint density at radius 1 is 1.43 bits per heavy atom. The van der Waals surface area contributed by atoms with Gasteiger partial charge in [-0.2, -0.15) is 0 Å². The number of hydrogen-bond donors (Lipinski definition) is 1. The molecule has 1 aliphatic heterocycles. The van der Waals surface area contributed by atoms with E-state index in [1.807, 2.05) is 11.5 Å². The largest absolute Gasteiger partial charge is 0.349 e. The quantitative estimate of drug-likeness (QED) is 0.796. The van der Waals surface area contributed by atoms with Gasteiger partial charge in [0.05, 0.1) is 12.8 Å². The van der Waals surface area contributed by atoms with Crippen molar-refractivity contribution in [1.29, 1.82) is 0 Å². The van der Waals surface area contributed by atoms with Gasteiger partial charge in [0.15, 0.2) is 5.82 Å². The number of amides is 1. The number of piperidine rings is 1. The number of carbonyl (C=O) groups excluding carboxylic acids is 1. The second kappa shape index (κ2) is 6.52. The second-order valence-electron chi connectivity index (χ2n) is 5.19. The fraction of sp³-hybridized carbons (Fsp3) is 0.750. The van der Waals surface area contributed by atoms with Crippen molar-refractivity contribution >= 4 is 15.9 Å². The number of rotatable bonds is 5. The summed E-state index contributed by atoms with van der Waals surface area (Å²) in [7, 11) is -3.15. The molecule has 0 radical (unpaired) electrons. The van der Waals surface area contributed by atoms with Crippen molar-refractivity contribution in [2.24, 2.45) is 5.92 Å². The van der Waals surface area contributed by atoms with Crippen LogP contribution < -0.4 is 5.32 Å². The molecule has 1 N–H and O–H groups in total. The highest BCUT2D eigenvalue weighted by atomic mass is 32.2. The van der Waals surface area contributed by atoms with Crippen molar-refractivity contribution in [3.05, 3.63) is 12.2 Å². The Kier molecular flexibility index (Phi) is 4.94. The van der Waals surface area contributed by atoms with Crippen LogP contribution in [0.4, 0.5) is 0 Å². The van der Waals surface area contributed by atoms with Crippen molar-refractivity contribution in [2.75, 3.05) is 19.3 Å². The molecule has 0 saturated carbocycles. The van der Waals surface area contributed by atoms with E-state index in [0.717, 1.165) is 12.4 Å². The minimum atomic E-state index is -3.15. The Bertz CT molecular complexity index is 590. The summed E-state index contributed by atoms with van der Waals surface area (Å²) in [6.45, 7) is 3.89. The van der Waals surface area contributed by atoms with Crippen LogP contribution in [0.3, 0.4) is 0 Å². The third-order valence-corrected chi connectivity index (χ3v) is 5.05. The molecule has 0 bridgehead atoms. The van der Waals surface area contributed by atoms with Crippen molar-refractivity contribution in [3.8, 4) is 0 Å². The molecule has 9 heteroatoms. The number of sulfonamides is 1. The number of nitrogens with zero attached hydrogens (tertiary/aromatic N) is 4. The summed E-state index contributed by atoms with van der Waals surface area (Å²) >= 11 is 0. The monoisotopic (exact) mass is 315 g/mol. The number of aromatic nitrogens is 3. The van der Waals surface area contributed by atoms with Gasteiger partial charge in [0.2, 0.25) is 15.9 Å². The lowest BCUT2D eigenvalue weighted by atomic mass is 9.97. The normalized spacial score (nSPS) is 17.8. The van der Waals surface area contributed by atoms with Gasteiger partial charge in [0.1, 0.15) is 6.33 Å². The highest BCUT2D eigenvalue weighted by molar-refractivity contribution is 7.88. The topological polar surface area (TPSA) is 97.2 Å². The molecule has 1 fully saturated rings. The van der Waals surface area contributed by atoms with Crippen LogP contribution in [0.1, 0.15) is 25.6 Å². The summed E-state index contributed by atoms with van der Waals surface area (Å²) in [6, 6.07) is 0. The molecule has 118 valence electrons. The van der Waals surface area contributed by atoms with Gasteiger partial charge in [-0.05, 0) is 19.8 Å². The van der Waals surface area contributed by atoms with Crippen LogP contribution in [0.15, 0.2) is 6.33 Å². The smallest absolute Gasteiger partial charge is 0.223 e. The summed E-state index contributed by atoms with van der Waals surface area (Å²) in [4.78, 5) is 12.1. The lowest BCUT2D eigenvalue weighted by Gasteiger charge is -2.29. The summed E-state index contributed by atoms with van der Waals surface area (Å²) in [5, 5.41) is 10.6. The second-order valence-corrected chi connectivity index (χ2v) is 7.17. The average molecular weight is 315 g/mol. The fourth-order valence-corrected chi connectivity index (χ4v) is 3.31. The Morgan fingerprint density at radius 3 is 2.67 bits per heavy atom. The Labute approximate surface area is 124 Å². The first-order valence-corrected chi connectivity index (χ1v) is 8.86. The lowest BCUT2D eigenvalue weighted by molar-refractivity contribution is -0.126. The van der Waals surface area contributed by atoms with E-state index in [1.165, 1.54) is 10.6 Å². The molecule has 1 saturated heterocycles. The first kappa shape index (κ1) is 15.9. The van der Waals surface area contributed by atoms with Gasteiger partial charge < -0.3 is 9.88 Å². The van der Waals surface area contributed by atoms with Crippen LogP contribution in [-0.2, 0) is 27.9 Å². The molecule has 1 aromatic heterocycles. The summed E-state index contributed by atoms with van der Waals surface area (Å²) in [5.74, 6) is 0.536. The van der Waals surface area contributed by atoms with Gasteiger partial charge in [-0.1, -0.05) is 0 Å². The van der Waals surface area contributed by atoms with Gasteiger partial charge in [0, 0.05) is 25.6 Å². The molecule has 0 aromatic carbocycles. The van der Waals surface area contributed by atoms with Crippen molar-refractivity contribution < 1.29 is 13.2 Å². The van der Waals surface area contributed by atoms with Crippen LogP contribution in [0.25, 0.3) is 0 Å². The lowest BCUT2D eigenvalue weighted by Crippen LogP contribution is -2.42. The van der Waals surface area contributed by atoms with Crippen molar-refractivity contribution in [2.45, 2.75) is 32.9 Å². The molecule has 2 rings (SSSR count). The first-order chi connectivity index (χ1) is 9.91. The van der Waals surface area contributed by atoms with Crippen LogP contribution in [0, 0.1) is 5.92 Å². The summed E-state index contributed by atoms with van der Waals surface area (Å²) in [6.07, 6.45) is 3.94. The van der Waals surface area contributed by atoms with E-state index in [0.29, 0.717) is 32.5 Å². The highest BCUT2D eigenvalue weighted by Gasteiger charge is 2.28. The van der Waals surface area contributed by atoms with E-state index in [9.17, 15) is 13.2 Å². The third kappa shape index (κ3) is 4.01. The molecular formula is C12H21N5O3S. The zero-order chi connectivity index (χ0) is 15.5. The number of carbonyl (C=O) groups is 1. The SMILES string of the molecule is CCn1cnnc1CNC(=O)C1CCN(S(C)(=O)=O)CC1. The fourth-order valence-electron chi connectivity index (χ4n) is 2.44. The third-order valence-electron chi connectivity index (χ3n) is 3.75. The van der Waals surface area contributed by atoms with Crippen molar-refractivity contribution in [1.82, 2.24) is 24.4 Å². The van der Waals surface area contributed by atoms with E-state index in [1.54, 1.807) is 6.33 Å². The Balaban J connectivity index is 1.83. The van der Waals surface area contributed by atoms with Crippen LogP contribution in [-0.4, -0.2) is 52.7 Å². The highest BCUT2D eigenvalue weighted by Crippen LogP contribution is 2.19. The van der Waals surface area contributed by atoms with E-state index >= 15 is 0 Å². The Morgan fingerprint density at radius 2 is 2.10 bits per heavy atom. The number of hydrogen-bond acceptors (Lipinski definition) is 5. The predicted octanol–water partition coefficient (Wildman–Crippen LogP) is -0.414. The zero-order valence-electron chi connectivity index (χ0n) is 12.3. The molecule has 1 aliphatic rings. The number of aryl methyl sites for hydroxylation is 1. The predicted molar refractivity (Wildman–Crippen MR) is 76.7 cm³/mol. The molecular weight excluding hydrogens is 294 g/mol. The molecule has 0 unspecified atom stereocenters. The summed E-state index contributed by atoms with van der Waals surface area (Å²) < 4.78 is 26.1. The Hall–Kier alpha value is -1.48. The maximum atomic E-state index is 12.1. The molecule has 8 nitrogen and oxygen atoms in total. The van der Waals surface area contributed by atoms with Crippen molar-refractivity contribution in [3.63, 3.8) is 0 Å². The first-order valence-electron chi connectivity index (χ1n) is 7.01. The molecule has 0 spiro atoms. The minimum Gasteiger partial charge on any atom is -0.349 e. The van der Waals surface area contributed by atoms with Crippen LogP contribution >= 0.6 is 0 Å². The average Bonchev–Trinajstić information content (AvgIpc) is 2.91. The van der Waals surface area contributed by atoms with E-state index in [2.05, 4.69) is 15.5 Å².